The Morgan fingerprint density at radius 3 is 2.47 bits per heavy atom. The molecule has 17 heavy (non-hydrogen) atoms. The largest absolute Gasteiger partial charge is 0.394 e. The van der Waals surface area contributed by atoms with Crippen molar-refractivity contribution in [3.63, 3.8) is 0 Å². The second kappa shape index (κ2) is 4.87. The summed E-state index contributed by atoms with van der Waals surface area (Å²) >= 11 is 0. The van der Waals surface area contributed by atoms with Crippen molar-refractivity contribution in [1.82, 2.24) is 0 Å². The van der Waals surface area contributed by atoms with Gasteiger partial charge in [0.25, 0.3) is 0 Å². The van der Waals surface area contributed by atoms with Gasteiger partial charge < -0.3 is 35.0 Å². The van der Waals surface area contributed by atoms with Gasteiger partial charge in [-0.05, 0) is 0 Å². The lowest BCUT2D eigenvalue weighted by Gasteiger charge is -2.33. The summed E-state index contributed by atoms with van der Waals surface area (Å²) in [6.45, 7) is -2.05. The maximum atomic E-state index is 13.9. The third kappa shape index (κ3) is 2.38. The molecule has 1 heterocycles. The summed E-state index contributed by atoms with van der Waals surface area (Å²) in [6, 6.07) is 0. The van der Waals surface area contributed by atoms with E-state index in [9.17, 15) is 19.2 Å². The zero-order valence-corrected chi connectivity index (χ0v) is 9.40. The first kappa shape index (κ1) is 13.3. The van der Waals surface area contributed by atoms with Gasteiger partial charge in [-0.2, -0.15) is 0 Å². The van der Waals surface area contributed by atoms with E-state index in [1.165, 1.54) is 0 Å². The molecule has 1 rings (SSSR count). The number of ether oxygens (including phenoxy) is 1. The van der Waals surface area contributed by atoms with E-state index in [4.69, 9.17) is 21.3 Å². The Hall–Kier alpha value is -0.120. The van der Waals surface area contributed by atoms with Gasteiger partial charge in [-0.25, -0.2) is 4.39 Å². The smallest absolute Gasteiger partial charge is 0.362 e. The summed E-state index contributed by atoms with van der Waals surface area (Å²) in [5.74, 6) is -2.96. The Morgan fingerprint density at radius 2 is 2.12 bits per heavy atom. The highest BCUT2D eigenvalue weighted by atomic mass is 31.2. The number of hydrogen-bond donors (Lipinski definition) is 6. The second-order valence-electron chi connectivity index (χ2n) is 3.79. The maximum Gasteiger partial charge on any atom is 0.362 e. The molecular formula is C7H14FO8P. The molecule has 8 nitrogen and oxygen atoms in total. The molecule has 0 aromatic heterocycles. The SMILES string of the molecule is [2H]OP(=O)(O)C(F)[C@]1(CO)O[C@H](CO)[C@@H](O)[C@@H]1O. The summed E-state index contributed by atoms with van der Waals surface area (Å²) in [5.41, 5.74) is -2.64. The first-order valence-corrected chi connectivity index (χ1v) is 6.28. The number of rotatable bonds is 5. The Labute approximate surface area is 96.9 Å². The first-order chi connectivity index (χ1) is 8.26. The lowest BCUT2D eigenvalue weighted by molar-refractivity contribution is -0.142. The number of aliphatic hydroxyl groups excluding tert-OH is 4. The molecule has 1 aliphatic rings. The van der Waals surface area contributed by atoms with E-state index in [2.05, 4.69) is 4.90 Å². The standard InChI is InChI=1S/C7H14FO8P/c8-6(17(13,14)15)7(2-10)5(12)4(11)3(1-9)16-7/h3-6,9-12H,1-2H2,(H2,13,14,15)/t3-,4-,5+,6?,7-/m1/s1/i/hD. The minimum atomic E-state index is -5.13. The maximum absolute atomic E-state index is 13.9. The number of halogens is 1. The molecule has 0 aliphatic carbocycles. The van der Waals surface area contributed by atoms with Crippen molar-refractivity contribution < 1.29 is 43.9 Å². The molecule has 6 N–H and O–H groups in total. The molecule has 102 valence electrons. The molecule has 0 bridgehead atoms. The molecule has 0 aromatic carbocycles. The van der Waals surface area contributed by atoms with Crippen molar-refractivity contribution in [2.75, 3.05) is 13.2 Å². The van der Waals surface area contributed by atoms with E-state index in [0.29, 0.717) is 0 Å². The van der Waals surface area contributed by atoms with Crippen molar-refractivity contribution in [2.45, 2.75) is 29.8 Å². The summed E-state index contributed by atoms with van der Waals surface area (Å²) < 4.78 is 36.1. The number of alkyl halides is 1. The predicted molar refractivity (Wildman–Crippen MR) is 50.7 cm³/mol. The van der Waals surface area contributed by atoms with E-state index >= 15 is 0 Å². The fourth-order valence-corrected chi connectivity index (χ4v) is 2.59. The molecule has 10 heteroatoms. The van der Waals surface area contributed by atoms with E-state index in [1.54, 1.807) is 0 Å². The summed E-state index contributed by atoms with van der Waals surface area (Å²) in [7, 11) is -5.13. The van der Waals surface area contributed by atoms with Crippen LogP contribution in [0.15, 0.2) is 0 Å². The summed E-state index contributed by atoms with van der Waals surface area (Å²) in [6.07, 6.45) is -5.26. The average Bonchev–Trinajstić information content (AvgIpc) is 2.62. The fourth-order valence-electron chi connectivity index (χ4n) is 1.74. The number of aliphatic hydroxyl groups is 4. The van der Waals surface area contributed by atoms with Crippen LogP contribution >= 0.6 is 7.60 Å². The van der Waals surface area contributed by atoms with Gasteiger partial charge in [0.05, 0.1) is 13.2 Å². The van der Waals surface area contributed by atoms with Gasteiger partial charge in [0.1, 0.15) is 18.3 Å². The predicted octanol–water partition coefficient (Wildman–Crippen LogP) is -2.70. The number of hydrogen-bond acceptors (Lipinski definition) is 7. The quantitative estimate of drug-likeness (QED) is 0.297. The van der Waals surface area contributed by atoms with E-state index in [-0.39, 0.29) is 0 Å². The Balaban J connectivity index is 3.11. The third-order valence-electron chi connectivity index (χ3n) is 2.69. The van der Waals surface area contributed by atoms with Crippen LogP contribution in [0.2, 0.25) is 0 Å². The topological polar surface area (TPSA) is 148 Å². The van der Waals surface area contributed by atoms with Gasteiger partial charge in [-0.3, -0.25) is 4.57 Å². The van der Waals surface area contributed by atoms with Crippen molar-refractivity contribution in [1.29, 1.82) is 1.43 Å². The van der Waals surface area contributed by atoms with Gasteiger partial charge in [0.2, 0.25) is 7.34 Å². The summed E-state index contributed by atoms with van der Waals surface area (Å²) in [4.78, 5) is 12.4. The van der Waals surface area contributed by atoms with Crippen molar-refractivity contribution in [2.24, 2.45) is 0 Å². The lowest BCUT2D eigenvalue weighted by atomic mass is 9.96. The molecule has 0 aromatic rings. The molecule has 6 atom stereocenters. The highest BCUT2D eigenvalue weighted by Crippen LogP contribution is 2.52. The molecule has 0 radical (unpaired) electrons. The van der Waals surface area contributed by atoms with Crippen LogP contribution in [-0.4, -0.2) is 74.7 Å². The molecule has 1 saturated heterocycles. The van der Waals surface area contributed by atoms with E-state index in [1.807, 2.05) is 0 Å². The minimum Gasteiger partial charge on any atom is -0.394 e. The van der Waals surface area contributed by atoms with E-state index in [0.717, 1.165) is 0 Å². The van der Waals surface area contributed by atoms with Crippen LogP contribution in [0.3, 0.4) is 0 Å². The first-order valence-electron chi connectivity index (χ1n) is 5.04. The van der Waals surface area contributed by atoms with Crippen LogP contribution in [0, 0.1) is 0 Å². The fraction of sp³-hybridized carbons (Fsp3) is 1.00. The summed E-state index contributed by atoms with van der Waals surface area (Å²) in [5, 5.41) is 36.9. The Bertz CT molecular complexity index is 345. The van der Waals surface area contributed by atoms with Gasteiger partial charge in [-0.1, -0.05) is 0 Å². The molecule has 0 saturated carbocycles. The Morgan fingerprint density at radius 1 is 1.53 bits per heavy atom. The van der Waals surface area contributed by atoms with Crippen molar-refractivity contribution in [3.8, 4) is 0 Å². The molecular weight excluding hydrogens is 262 g/mol. The molecule has 0 amide bonds. The van der Waals surface area contributed by atoms with Gasteiger partial charge >= 0.3 is 7.60 Å². The Kier molecular flexibility index (Phi) is 3.81. The van der Waals surface area contributed by atoms with Gasteiger partial charge in [0.15, 0.2) is 5.60 Å². The molecule has 1 aliphatic heterocycles. The van der Waals surface area contributed by atoms with Crippen LogP contribution in [0.25, 0.3) is 0 Å². The third-order valence-corrected chi connectivity index (χ3v) is 3.70. The zero-order valence-electron chi connectivity index (χ0n) is 9.51. The lowest BCUT2D eigenvalue weighted by Crippen LogP contribution is -2.53. The van der Waals surface area contributed by atoms with Gasteiger partial charge in [0, 0.05) is 0 Å². The van der Waals surface area contributed by atoms with Crippen molar-refractivity contribution >= 4 is 7.60 Å². The highest BCUT2D eigenvalue weighted by Gasteiger charge is 2.63. The van der Waals surface area contributed by atoms with Crippen LogP contribution < -0.4 is 0 Å². The van der Waals surface area contributed by atoms with Crippen LogP contribution in [0.4, 0.5) is 4.39 Å². The molecule has 2 unspecified atom stereocenters. The average molecular weight is 277 g/mol. The highest BCUT2D eigenvalue weighted by molar-refractivity contribution is 7.52. The van der Waals surface area contributed by atoms with Crippen molar-refractivity contribution in [3.05, 3.63) is 0 Å². The van der Waals surface area contributed by atoms with E-state index < -0.39 is 50.6 Å². The van der Waals surface area contributed by atoms with Crippen LogP contribution in [0.1, 0.15) is 0 Å². The normalized spacial score (nSPS) is 44.1. The molecule has 0 spiro atoms. The minimum absolute atomic E-state index is 0.801. The monoisotopic (exact) mass is 277 g/mol. The second-order valence-corrected chi connectivity index (χ2v) is 5.37. The van der Waals surface area contributed by atoms with Gasteiger partial charge in [-0.15, -0.1) is 0 Å². The molecule has 1 fully saturated rings. The van der Waals surface area contributed by atoms with Crippen LogP contribution in [0.5, 0.6) is 0 Å². The zero-order chi connectivity index (χ0) is 14.1. The van der Waals surface area contributed by atoms with Crippen LogP contribution in [-0.2, 0) is 9.30 Å².